The van der Waals surface area contributed by atoms with Crippen LogP contribution in [0.1, 0.15) is 18.9 Å². The first-order valence-electron chi connectivity index (χ1n) is 7.66. The molecular weight excluding hydrogens is 304 g/mol. The Labute approximate surface area is 141 Å². The molecule has 6 nitrogen and oxygen atoms in total. The summed E-state index contributed by atoms with van der Waals surface area (Å²) in [5.41, 5.74) is 7.99. The van der Waals surface area contributed by atoms with E-state index in [1.165, 1.54) is 4.90 Å². The van der Waals surface area contributed by atoms with Crippen LogP contribution in [0, 0.1) is 0 Å². The van der Waals surface area contributed by atoms with Gasteiger partial charge in [-0.25, -0.2) is 9.98 Å². The summed E-state index contributed by atoms with van der Waals surface area (Å²) < 4.78 is 5.34. The number of rotatable bonds is 3. The molecule has 0 radical (unpaired) electrons. The van der Waals surface area contributed by atoms with E-state index >= 15 is 0 Å². The van der Waals surface area contributed by atoms with Crippen molar-refractivity contribution in [2.45, 2.75) is 18.9 Å². The van der Waals surface area contributed by atoms with Gasteiger partial charge in [-0.2, -0.15) is 0 Å². The van der Waals surface area contributed by atoms with Crippen molar-refractivity contribution in [1.82, 2.24) is 9.88 Å². The summed E-state index contributed by atoms with van der Waals surface area (Å²) >= 11 is 0. The number of pyridine rings is 1. The first-order chi connectivity index (χ1) is 11.4. The number of hydrogen-bond acceptors (Lipinski definition) is 5. The summed E-state index contributed by atoms with van der Waals surface area (Å²) in [6.07, 6.45) is 1.96. The molecule has 0 bridgehead atoms. The maximum absolute atomic E-state index is 12.2. The first kappa shape index (κ1) is 16.0. The van der Waals surface area contributed by atoms with Crippen LogP contribution in [0.2, 0.25) is 0 Å². The zero-order chi connectivity index (χ0) is 17.3. The van der Waals surface area contributed by atoms with Gasteiger partial charge in [-0.15, -0.1) is 0 Å². The van der Waals surface area contributed by atoms with Crippen LogP contribution in [0.15, 0.2) is 47.6 Å². The molecule has 2 aromatic rings. The molecule has 0 unspecified atom stereocenters. The quantitative estimate of drug-likeness (QED) is 0.938. The Morgan fingerprint density at radius 2 is 2.08 bits per heavy atom. The van der Waals surface area contributed by atoms with Crippen LogP contribution in [0.4, 0.5) is 0 Å². The van der Waals surface area contributed by atoms with E-state index in [0.717, 1.165) is 16.7 Å². The summed E-state index contributed by atoms with van der Waals surface area (Å²) in [7, 11) is 3.23. The number of aliphatic imine (C=N–C) groups is 1. The van der Waals surface area contributed by atoms with Crippen molar-refractivity contribution >= 4 is 11.9 Å². The van der Waals surface area contributed by atoms with E-state index in [1.807, 2.05) is 43.3 Å². The molecule has 0 spiro atoms. The highest BCUT2D eigenvalue weighted by Gasteiger charge is 2.36. The summed E-state index contributed by atoms with van der Waals surface area (Å²) in [5, 5.41) is 0. The van der Waals surface area contributed by atoms with Crippen molar-refractivity contribution in [3.05, 3.63) is 48.2 Å². The van der Waals surface area contributed by atoms with Gasteiger partial charge in [-0.3, -0.25) is 9.69 Å². The van der Waals surface area contributed by atoms with Crippen molar-refractivity contribution < 1.29 is 9.53 Å². The predicted octanol–water partition coefficient (Wildman–Crippen LogP) is 2.15. The number of aromatic nitrogens is 1. The van der Waals surface area contributed by atoms with Crippen LogP contribution in [-0.4, -0.2) is 35.9 Å². The van der Waals surface area contributed by atoms with Crippen LogP contribution >= 0.6 is 0 Å². The third-order valence-corrected chi connectivity index (χ3v) is 4.33. The van der Waals surface area contributed by atoms with Gasteiger partial charge in [0.05, 0.1) is 19.1 Å². The maximum atomic E-state index is 12.2. The standard InChI is InChI=1S/C18H20N4O2/c1-18(11-15(23)22(2)17(19)21-18)13-7-4-6-12(10-13)14-8-5-9-20-16(14)24-3/h4-10H,11H2,1-3H3,(H2,19,21)/t18-/m0/s1. The summed E-state index contributed by atoms with van der Waals surface area (Å²) in [6, 6.07) is 11.7. The predicted molar refractivity (Wildman–Crippen MR) is 92.6 cm³/mol. The zero-order valence-corrected chi connectivity index (χ0v) is 14.0. The number of carbonyl (C=O) groups excluding carboxylic acids is 1. The number of amides is 1. The minimum Gasteiger partial charge on any atom is -0.481 e. The lowest BCUT2D eigenvalue weighted by atomic mass is 9.86. The first-order valence-corrected chi connectivity index (χ1v) is 7.66. The van der Waals surface area contributed by atoms with Crippen molar-refractivity contribution in [1.29, 1.82) is 0 Å². The van der Waals surface area contributed by atoms with E-state index < -0.39 is 5.54 Å². The normalized spacial score (nSPS) is 20.7. The number of guanidine groups is 1. The lowest BCUT2D eigenvalue weighted by Crippen LogP contribution is -2.47. The van der Waals surface area contributed by atoms with Gasteiger partial charge in [0.1, 0.15) is 0 Å². The number of benzene rings is 1. The number of nitrogens with two attached hydrogens (primary N) is 1. The molecule has 1 amide bonds. The Morgan fingerprint density at radius 3 is 2.79 bits per heavy atom. The van der Waals surface area contributed by atoms with Gasteiger partial charge in [-0.1, -0.05) is 18.2 Å². The molecule has 0 fully saturated rings. The van der Waals surface area contributed by atoms with Crippen molar-refractivity contribution in [2.75, 3.05) is 14.2 Å². The van der Waals surface area contributed by atoms with Crippen LogP contribution < -0.4 is 10.5 Å². The highest BCUT2D eigenvalue weighted by atomic mass is 16.5. The molecule has 0 aliphatic carbocycles. The largest absolute Gasteiger partial charge is 0.481 e. The Kier molecular flexibility index (Phi) is 3.97. The van der Waals surface area contributed by atoms with Gasteiger partial charge in [0.25, 0.3) is 0 Å². The molecule has 1 aromatic carbocycles. The SMILES string of the molecule is COc1ncccc1-c1cccc([C@]2(C)CC(=O)N(C)C(N)=N2)c1. The van der Waals surface area contributed by atoms with Crippen molar-refractivity contribution in [2.24, 2.45) is 10.7 Å². The van der Waals surface area contributed by atoms with Crippen molar-refractivity contribution in [3.8, 4) is 17.0 Å². The number of nitrogens with zero attached hydrogens (tertiary/aromatic N) is 3. The second-order valence-electron chi connectivity index (χ2n) is 6.01. The van der Waals surface area contributed by atoms with Crippen LogP contribution in [-0.2, 0) is 10.3 Å². The number of methoxy groups -OCH3 is 1. The van der Waals surface area contributed by atoms with Gasteiger partial charge in [0.15, 0.2) is 5.96 Å². The molecule has 0 saturated carbocycles. The molecule has 3 rings (SSSR count). The Hall–Kier alpha value is -2.89. The van der Waals surface area contributed by atoms with Gasteiger partial charge < -0.3 is 10.5 Å². The van der Waals surface area contributed by atoms with Gasteiger partial charge in [0.2, 0.25) is 11.8 Å². The monoisotopic (exact) mass is 324 g/mol. The summed E-state index contributed by atoms with van der Waals surface area (Å²) in [6.45, 7) is 1.92. The number of hydrogen-bond donors (Lipinski definition) is 1. The third-order valence-electron chi connectivity index (χ3n) is 4.33. The lowest BCUT2D eigenvalue weighted by Gasteiger charge is -2.33. The van der Waals surface area contributed by atoms with E-state index in [2.05, 4.69) is 9.98 Å². The van der Waals surface area contributed by atoms with E-state index in [0.29, 0.717) is 5.88 Å². The fraction of sp³-hybridized carbons (Fsp3) is 0.278. The second-order valence-corrected chi connectivity index (χ2v) is 6.01. The Morgan fingerprint density at radius 1 is 1.29 bits per heavy atom. The fourth-order valence-electron chi connectivity index (χ4n) is 2.87. The molecule has 1 aliphatic heterocycles. The van der Waals surface area contributed by atoms with Crippen LogP contribution in [0.25, 0.3) is 11.1 Å². The molecule has 2 heterocycles. The molecule has 1 aromatic heterocycles. The van der Waals surface area contributed by atoms with Gasteiger partial charge in [-0.05, 0) is 36.2 Å². The van der Waals surface area contributed by atoms with Gasteiger partial charge in [0, 0.05) is 18.8 Å². The highest BCUT2D eigenvalue weighted by molar-refractivity contribution is 5.98. The number of carbonyl (C=O) groups is 1. The van der Waals surface area contributed by atoms with Gasteiger partial charge >= 0.3 is 0 Å². The zero-order valence-electron chi connectivity index (χ0n) is 14.0. The van der Waals surface area contributed by atoms with Crippen molar-refractivity contribution in [3.63, 3.8) is 0 Å². The van der Waals surface area contributed by atoms with E-state index in [9.17, 15) is 4.79 Å². The minimum atomic E-state index is -0.681. The number of ether oxygens (including phenoxy) is 1. The third kappa shape index (κ3) is 2.71. The molecule has 24 heavy (non-hydrogen) atoms. The molecule has 6 heteroatoms. The Bertz CT molecular complexity index is 818. The topological polar surface area (TPSA) is 80.8 Å². The smallest absolute Gasteiger partial charge is 0.231 e. The average Bonchev–Trinajstić information content (AvgIpc) is 2.59. The molecular formula is C18H20N4O2. The highest BCUT2D eigenvalue weighted by Crippen LogP contribution is 2.36. The lowest BCUT2D eigenvalue weighted by molar-refractivity contribution is -0.128. The summed E-state index contributed by atoms with van der Waals surface area (Å²) in [5.74, 6) is 0.745. The maximum Gasteiger partial charge on any atom is 0.231 e. The van der Waals surface area contributed by atoms with Crippen LogP contribution in [0.3, 0.4) is 0 Å². The molecule has 0 saturated heterocycles. The van der Waals surface area contributed by atoms with E-state index in [1.54, 1.807) is 20.4 Å². The van der Waals surface area contributed by atoms with Crippen LogP contribution in [0.5, 0.6) is 5.88 Å². The Balaban J connectivity index is 2.07. The average molecular weight is 324 g/mol. The molecule has 1 atom stereocenters. The second kappa shape index (κ2) is 5.96. The van der Waals surface area contributed by atoms with E-state index in [-0.39, 0.29) is 18.3 Å². The molecule has 2 N–H and O–H groups in total. The molecule has 124 valence electrons. The minimum absolute atomic E-state index is 0.0469. The summed E-state index contributed by atoms with van der Waals surface area (Å²) in [4.78, 5) is 22.4. The fourth-order valence-corrected chi connectivity index (χ4v) is 2.87. The van der Waals surface area contributed by atoms with E-state index in [4.69, 9.17) is 10.5 Å². The molecule has 1 aliphatic rings.